The predicted molar refractivity (Wildman–Crippen MR) is 71.6 cm³/mol. The van der Waals surface area contributed by atoms with Gasteiger partial charge in [0, 0.05) is 6.04 Å². The highest BCUT2D eigenvalue weighted by Crippen LogP contribution is 2.28. The summed E-state index contributed by atoms with van der Waals surface area (Å²) >= 11 is 2.17. The van der Waals surface area contributed by atoms with E-state index in [1.807, 2.05) is 0 Å². The lowest BCUT2D eigenvalue weighted by Crippen LogP contribution is -2.28. The van der Waals surface area contributed by atoms with Crippen LogP contribution in [0.5, 0.6) is 0 Å². The van der Waals surface area contributed by atoms with Crippen LogP contribution in [0.3, 0.4) is 0 Å². The Kier molecular flexibility index (Phi) is 6.74. The SMILES string of the molecule is CC(CNC(C)C)CSCC1CCCC1. The summed E-state index contributed by atoms with van der Waals surface area (Å²) in [5, 5.41) is 3.51. The second-order valence-electron chi connectivity index (χ2n) is 5.36. The molecule has 1 aliphatic rings. The van der Waals surface area contributed by atoms with Gasteiger partial charge in [-0.15, -0.1) is 0 Å². The molecule has 0 aromatic carbocycles. The van der Waals surface area contributed by atoms with E-state index in [4.69, 9.17) is 0 Å². The summed E-state index contributed by atoms with van der Waals surface area (Å²) in [6, 6.07) is 0.632. The normalized spacial score (nSPS) is 20.0. The van der Waals surface area contributed by atoms with E-state index in [2.05, 4.69) is 37.8 Å². The standard InChI is InChI=1S/C13H27NS/c1-11(2)14-8-12(3)9-15-10-13-6-4-5-7-13/h11-14H,4-10H2,1-3H3. The topological polar surface area (TPSA) is 12.0 Å². The molecule has 0 aromatic rings. The third-order valence-corrected chi connectivity index (χ3v) is 4.62. The highest BCUT2D eigenvalue weighted by Gasteiger charge is 2.15. The van der Waals surface area contributed by atoms with Crippen molar-refractivity contribution < 1.29 is 0 Å². The van der Waals surface area contributed by atoms with Crippen molar-refractivity contribution in [3.8, 4) is 0 Å². The van der Waals surface area contributed by atoms with Gasteiger partial charge in [-0.25, -0.2) is 0 Å². The fourth-order valence-electron chi connectivity index (χ4n) is 2.11. The Labute approximate surface area is 99.8 Å². The number of thioether (sulfide) groups is 1. The molecule has 1 atom stereocenters. The lowest BCUT2D eigenvalue weighted by atomic mass is 10.1. The maximum absolute atomic E-state index is 3.51. The van der Waals surface area contributed by atoms with E-state index in [9.17, 15) is 0 Å². The fraction of sp³-hybridized carbons (Fsp3) is 1.00. The maximum atomic E-state index is 3.51. The van der Waals surface area contributed by atoms with Gasteiger partial charge in [-0.2, -0.15) is 11.8 Å². The summed E-state index contributed by atoms with van der Waals surface area (Å²) in [7, 11) is 0. The van der Waals surface area contributed by atoms with Crippen LogP contribution in [0.25, 0.3) is 0 Å². The van der Waals surface area contributed by atoms with E-state index in [1.165, 1.54) is 43.7 Å². The fourth-order valence-corrected chi connectivity index (χ4v) is 3.43. The van der Waals surface area contributed by atoms with Gasteiger partial charge in [0.1, 0.15) is 0 Å². The molecule has 2 heteroatoms. The van der Waals surface area contributed by atoms with Gasteiger partial charge >= 0.3 is 0 Å². The van der Waals surface area contributed by atoms with Crippen molar-refractivity contribution in [2.45, 2.75) is 52.5 Å². The van der Waals surface area contributed by atoms with Crippen LogP contribution < -0.4 is 5.32 Å². The first kappa shape index (κ1) is 13.4. The van der Waals surface area contributed by atoms with Crippen LogP contribution in [0.2, 0.25) is 0 Å². The minimum absolute atomic E-state index is 0.632. The molecule has 0 saturated heterocycles. The van der Waals surface area contributed by atoms with Crippen LogP contribution in [0, 0.1) is 11.8 Å². The average Bonchev–Trinajstić information content (AvgIpc) is 2.67. The van der Waals surface area contributed by atoms with Crippen LogP contribution in [0.15, 0.2) is 0 Å². The van der Waals surface area contributed by atoms with E-state index in [1.54, 1.807) is 0 Å². The predicted octanol–water partition coefficient (Wildman–Crippen LogP) is 3.54. The smallest absolute Gasteiger partial charge is 0.00104 e. The molecule has 1 rings (SSSR count). The van der Waals surface area contributed by atoms with Gasteiger partial charge in [-0.1, -0.05) is 33.6 Å². The molecule has 90 valence electrons. The van der Waals surface area contributed by atoms with Gasteiger partial charge < -0.3 is 5.32 Å². The first-order valence-electron chi connectivity index (χ1n) is 6.49. The van der Waals surface area contributed by atoms with E-state index in [0.29, 0.717) is 6.04 Å². The first-order valence-corrected chi connectivity index (χ1v) is 7.65. The monoisotopic (exact) mass is 229 g/mol. The number of nitrogens with one attached hydrogen (secondary N) is 1. The second-order valence-corrected chi connectivity index (χ2v) is 6.43. The van der Waals surface area contributed by atoms with Gasteiger partial charge in [-0.05, 0) is 42.7 Å². The van der Waals surface area contributed by atoms with Crippen molar-refractivity contribution in [1.29, 1.82) is 0 Å². The Bertz CT molecular complexity index is 153. The van der Waals surface area contributed by atoms with E-state index >= 15 is 0 Å². The Morgan fingerprint density at radius 3 is 2.47 bits per heavy atom. The Morgan fingerprint density at radius 1 is 1.20 bits per heavy atom. The molecule has 1 fully saturated rings. The summed E-state index contributed by atoms with van der Waals surface area (Å²) in [4.78, 5) is 0. The van der Waals surface area contributed by atoms with Gasteiger partial charge in [0.05, 0.1) is 0 Å². The molecule has 1 unspecified atom stereocenters. The minimum atomic E-state index is 0.632. The van der Waals surface area contributed by atoms with Crippen molar-refractivity contribution in [1.82, 2.24) is 5.32 Å². The Morgan fingerprint density at radius 2 is 1.87 bits per heavy atom. The molecule has 0 aliphatic heterocycles. The van der Waals surface area contributed by atoms with E-state index in [0.717, 1.165) is 11.8 Å². The van der Waals surface area contributed by atoms with Gasteiger partial charge in [-0.3, -0.25) is 0 Å². The van der Waals surface area contributed by atoms with Crippen molar-refractivity contribution in [2.75, 3.05) is 18.1 Å². The summed E-state index contributed by atoms with van der Waals surface area (Å²) < 4.78 is 0. The largest absolute Gasteiger partial charge is 0.314 e. The lowest BCUT2D eigenvalue weighted by Gasteiger charge is -2.15. The molecule has 0 radical (unpaired) electrons. The van der Waals surface area contributed by atoms with E-state index in [-0.39, 0.29) is 0 Å². The van der Waals surface area contributed by atoms with Crippen molar-refractivity contribution in [3.05, 3.63) is 0 Å². The zero-order valence-electron chi connectivity index (χ0n) is 10.6. The van der Waals surface area contributed by atoms with Crippen LogP contribution in [0.4, 0.5) is 0 Å². The Hall–Kier alpha value is 0.310. The maximum Gasteiger partial charge on any atom is 0.00104 e. The highest BCUT2D eigenvalue weighted by molar-refractivity contribution is 7.99. The van der Waals surface area contributed by atoms with Crippen molar-refractivity contribution in [2.24, 2.45) is 11.8 Å². The number of rotatable bonds is 7. The van der Waals surface area contributed by atoms with Crippen molar-refractivity contribution in [3.63, 3.8) is 0 Å². The Balaban J connectivity index is 1.93. The molecular weight excluding hydrogens is 202 g/mol. The zero-order chi connectivity index (χ0) is 11.1. The number of hydrogen-bond donors (Lipinski definition) is 1. The molecular formula is C13H27NS. The second kappa shape index (κ2) is 7.56. The molecule has 0 bridgehead atoms. The summed E-state index contributed by atoms with van der Waals surface area (Å²) in [5.74, 6) is 4.60. The van der Waals surface area contributed by atoms with Crippen LogP contribution in [-0.2, 0) is 0 Å². The van der Waals surface area contributed by atoms with Crippen molar-refractivity contribution >= 4 is 11.8 Å². The van der Waals surface area contributed by atoms with Crippen LogP contribution in [-0.4, -0.2) is 24.1 Å². The number of hydrogen-bond acceptors (Lipinski definition) is 2. The molecule has 1 saturated carbocycles. The van der Waals surface area contributed by atoms with Gasteiger partial charge in [0.2, 0.25) is 0 Å². The third-order valence-electron chi connectivity index (χ3n) is 3.11. The molecule has 0 amide bonds. The van der Waals surface area contributed by atoms with E-state index < -0.39 is 0 Å². The van der Waals surface area contributed by atoms with Gasteiger partial charge in [0.15, 0.2) is 0 Å². The molecule has 0 heterocycles. The molecule has 1 aliphatic carbocycles. The average molecular weight is 229 g/mol. The quantitative estimate of drug-likeness (QED) is 0.716. The molecule has 0 spiro atoms. The molecule has 0 aromatic heterocycles. The summed E-state index contributed by atoms with van der Waals surface area (Å²) in [5.41, 5.74) is 0. The van der Waals surface area contributed by atoms with Gasteiger partial charge in [0.25, 0.3) is 0 Å². The first-order chi connectivity index (χ1) is 7.18. The summed E-state index contributed by atoms with van der Waals surface area (Å²) in [6.45, 7) is 7.98. The highest BCUT2D eigenvalue weighted by atomic mass is 32.2. The lowest BCUT2D eigenvalue weighted by molar-refractivity contribution is 0.509. The minimum Gasteiger partial charge on any atom is -0.314 e. The van der Waals surface area contributed by atoms with Crippen LogP contribution in [0.1, 0.15) is 46.5 Å². The van der Waals surface area contributed by atoms with Crippen LogP contribution >= 0.6 is 11.8 Å². The molecule has 1 nitrogen and oxygen atoms in total. The molecule has 1 N–H and O–H groups in total. The molecule has 15 heavy (non-hydrogen) atoms. The summed E-state index contributed by atoms with van der Waals surface area (Å²) in [6.07, 6.45) is 5.95. The third kappa shape index (κ3) is 6.47. The zero-order valence-corrected chi connectivity index (χ0v) is 11.4.